The molecule has 0 aromatic carbocycles. The zero-order valence-corrected chi connectivity index (χ0v) is 9.86. The molecule has 0 spiro atoms. The van der Waals surface area contributed by atoms with Crippen LogP contribution in [0.2, 0.25) is 0 Å². The van der Waals surface area contributed by atoms with Crippen molar-refractivity contribution in [3.05, 3.63) is 0 Å². The highest BCUT2D eigenvalue weighted by Crippen LogP contribution is 2.06. The molecule has 0 saturated heterocycles. The third-order valence-electron chi connectivity index (χ3n) is 2.51. The molecular formula is C12H28N2. The van der Waals surface area contributed by atoms with Gasteiger partial charge in [-0.2, -0.15) is 0 Å². The van der Waals surface area contributed by atoms with Crippen LogP contribution in [0.5, 0.6) is 0 Å². The van der Waals surface area contributed by atoms with Gasteiger partial charge in [0.15, 0.2) is 0 Å². The molecule has 0 unspecified atom stereocenters. The van der Waals surface area contributed by atoms with E-state index in [2.05, 4.69) is 12.2 Å². The summed E-state index contributed by atoms with van der Waals surface area (Å²) in [5.41, 5.74) is 5.40. The van der Waals surface area contributed by atoms with E-state index in [9.17, 15) is 0 Å². The van der Waals surface area contributed by atoms with Crippen LogP contribution >= 0.6 is 0 Å². The Morgan fingerprint density at radius 2 is 1.36 bits per heavy atom. The summed E-state index contributed by atoms with van der Waals surface area (Å²) in [6.45, 7) is 5.34. The number of nitrogens with two attached hydrogens (primary N) is 1. The molecule has 0 fully saturated rings. The van der Waals surface area contributed by atoms with Crippen LogP contribution in [0.15, 0.2) is 0 Å². The van der Waals surface area contributed by atoms with Crippen molar-refractivity contribution in [1.82, 2.24) is 5.32 Å². The van der Waals surface area contributed by atoms with Crippen LogP contribution < -0.4 is 11.1 Å². The molecule has 0 amide bonds. The first-order valence-corrected chi connectivity index (χ1v) is 6.32. The van der Waals surface area contributed by atoms with Gasteiger partial charge in [-0.25, -0.2) is 0 Å². The molecule has 0 saturated carbocycles. The third-order valence-corrected chi connectivity index (χ3v) is 2.51. The van der Waals surface area contributed by atoms with Crippen molar-refractivity contribution in [3.8, 4) is 0 Å². The van der Waals surface area contributed by atoms with Crippen LogP contribution in [0.1, 0.15) is 58.3 Å². The fraction of sp³-hybridized carbons (Fsp3) is 1.00. The molecule has 2 nitrogen and oxygen atoms in total. The Morgan fingerprint density at radius 1 is 0.786 bits per heavy atom. The number of unbranched alkanes of at least 4 members (excludes halogenated alkanes) is 6. The van der Waals surface area contributed by atoms with Crippen LogP contribution in [-0.4, -0.2) is 19.6 Å². The quantitative estimate of drug-likeness (QED) is 0.503. The number of rotatable bonds is 11. The van der Waals surface area contributed by atoms with E-state index < -0.39 is 0 Å². The van der Waals surface area contributed by atoms with Gasteiger partial charge < -0.3 is 11.1 Å². The van der Waals surface area contributed by atoms with Gasteiger partial charge in [0, 0.05) is 0 Å². The van der Waals surface area contributed by atoms with Gasteiger partial charge in [0.05, 0.1) is 0 Å². The second-order valence-corrected chi connectivity index (χ2v) is 4.01. The Hall–Kier alpha value is -0.0800. The zero-order valence-electron chi connectivity index (χ0n) is 9.86. The summed E-state index contributed by atoms with van der Waals surface area (Å²) in [5.74, 6) is 0. The second kappa shape index (κ2) is 12.9. The van der Waals surface area contributed by atoms with Crippen LogP contribution in [-0.2, 0) is 0 Å². The molecule has 14 heavy (non-hydrogen) atoms. The van der Waals surface area contributed by atoms with Gasteiger partial charge in [-0.1, -0.05) is 45.4 Å². The maximum Gasteiger partial charge on any atom is -0.00369 e. The molecule has 0 aromatic rings. The van der Waals surface area contributed by atoms with Crippen LogP contribution in [0.25, 0.3) is 0 Å². The summed E-state index contributed by atoms with van der Waals surface area (Å²) in [5, 5.41) is 3.41. The van der Waals surface area contributed by atoms with Crippen molar-refractivity contribution < 1.29 is 0 Å². The van der Waals surface area contributed by atoms with E-state index in [4.69, 9.17) is 5.73 Å². The molecule has 0 bridgehead atoms. The summed E-state index contributed by atoms with van der Waals surface area (Å²) in [7, 11) is 0. The Kier molecular flexibility index (Phi) is 12.8. The van der Waals surface area contributed by atoms with Crippen LogP contribution in [0.4, 0.5) is 0 Å². The van der Waals surface area contributed by atoms with Gasteiger partial charge in [0.25, 0.3) is 0 Å². The Balaban J connectivity index is 2.78. The highest BCUT2D eigenvalue weighted by molar-refractivity contribution is 4.50. The third kappa shape index (κ3) is 11.9. The molecule has 0 aliphatic rings. The van der Waals surface area contributed by atoms with E-state index in [1.807, 2.05) is 0 Å². The predicted molar refractivity (Wildman–Crippen MR) is 64.5 cm³/mol. The lowest BCUT2D eigenvalue weighted by Crippen LogP contribution is -2.19. The number of nitrogens with one attached hydrogen (secondary N) is 1. The largest absolute Gasteiger partial charge is 0.330 e. The van der Waals surface area contributed by atoms with E-state index >= 15 is 0 Å². The normalized spacial score (nSPS) is 10.7. The summed E-state index contributed by atoms with van der Waals surface area (Å²) in [6, 6.07) is 0. The molecule has 0 radical (unpaired) electrons. The molecular weight excluding hydrogens is 172 g/mol. The average molecular weight is 200 g/mol. The first-order chi connectivity index (χ1) is 6.91. The smallest absolute Gasteiger partial charge is 0.00369 e. The minimum absolute atomic E-state index is 0.810. The summed E-state index contributed by atoms with van der Waals surface area (Å²) < 4.78 is 0. The zero-order chi connectivity index (χ0) is 10.5. The standard InChI is InChI=1S/C12H28N2/c1-2-3-4-5-6-7-8-11-14-12-9-10-13/h14H,2-13H2,1H3. The average Bonchev–Trinajstić information content (AvgIpc) is 2.21. The number of hydrogen-bond acceptors (Lipinski definition) is 2. The van der Waals surface area contributed by atoms with Crippen molar-refractivity contribution in [2.24, 2.45) is 5.73 Å². The van der Waals surface area contributed by atoms with Crippen molar-refractivity contribution in [2.75, 3.05) is 19.6 Å². The maximum atomic E-state index is 5.40. The van der Waals surface area contributed by atoms with Gasteiger partial charge in [-0.3, -0.25) is 0 Å². The van der Waals surface area contributed by atoms with E-state index in [0.717, 1.165) is 19.5 Å². The van der Waals surface area contributed by atoms with Crippen molar-refractivity contribution in [1.29, 1.82) is 0 Å². The molecule has 0 aliphatic carbocycles. The predicted octanol–water partition coefficient (Wildman–Crippen LogP) is 2.68. The highest BCUT2D eigenvalue weighted by Gasteiger charge is 1.90. The second-order valence-electron chi connectivity index (χ2n) is 4.01. The lowest BCUT2D eigenvalue weighted by molar-refractivity contribution is 0.558. The molecule has 2 heteroatoms. The van der Waals surface area contributed by atoms with Gasteiger partial charge in [0.1, 0.15) is 0 Å². The maximum absolute atomic E-state index is 5.40. The summed E-state index contributed by atoms with van der Waals surface area (Å²) in [6.07, 6.45) is 10.9. The SMILES string of the molecule is CCCCCCCCCNCCCN. The molecule has 0 aliphatic heterocycles. The van der Waals surface area contributed by atoms with E-state index in [1.54, 1.807) is 0 Å². The van der Waals surface area contributed by atoms with Crippen LogP contribution in [0, 0.1) is 0 Å². The van der Waals surface area contributed by atoms with Gasteiger partial charge in [-0.15, -0.1) is 0 Å². The minimum Gasteiger partial charge on any atom is -0.330 e. The van der Waals surface area contributed by atoms with E-state index in [1.165, 1.54) is 51.5 Å². The van der Waals surface area contributed by atoms with Gasteiger partial charge in [-0.05, 0) is 32.5 Å². The van der Waals surface area contributed by atoms with Crippen molar-refractivity contribution >= 4 is 0 Å². The van der Waals surface area contributed by atoms with E-state index in [0.29, 0.717) is 0 Å². The summed E-state index contributed by atoms with van der Waals surface area (Å²) >= 11 is 0. The Labute approximate surface area is 89.6 Å². The summed E-state index contributed by atoms with van der Waals surface area (Å²) in [4.78, 5) is 0. The fourth-order valence-electron chi connectivity index (χ4n) is 1.56. The van der Waals surface area contributed by atoms with Crippen LogP contribution in [0.3, 0.4) is 0 Å². The van der Waals surface area contributed by atoms with Crippen molar-refractivity contribution in [3.63, 3.8) is 0 Å². The molecule has 86 valence electrons. The molecule has 0 heterocycles. The first kappa shape index (κ1) is 13.9. The number of hydrogen-bond donors (Lipinski definition) is 2. The van der Waals surface area contributed by atoms with E-state index in [-0.39, 0.29) is 0 Å². The van der Waals surface area contributed by atoms with Gasteiger partial charge >= 0.3 is 0 Å². The minimum atomic E-state index is 0.810. The Bertz CT molecular complexity index is 82.3. The van der Waals surface area contributed by atoms with Crippen molar-refractivity contribution in [2.45, 2.75) is 58.3 Å². The topological polar surface area (TPSA) is 38.0 Å². The monoisotopic (exact) mass is 200 g/mol. The molecule has 0 atom stereocenters. The molecule has 0 rings (SSSR count). The lowest BCUT2D eigenvalue weighted by Gasteiger charge is -2.03. The first-order valence-electron chi connectivity index (χ1n) is 6.32. The Morgan fingerprint density at radius 3 is 2.00 bits per heavy atom. The lowest BCUT2D eigenvalue weighted by atomic mass is 10.1. The molecule has 3 N–H and O–H groups in total. The van der Waals surface area contributed by atoms with Gasteiger partial charge in [0.2, 0.25) is 0 Å². The highest BCUT2D eigenvalue weighted by atomic mass is 14.8. The molecule has 0 aromatic heterocycles. The fourth-order valence-corrected chi connectivity index (χ4v) is 1.56.